The number of nitrogens with zero attached hydrogens (tertiary/aromatic N) is 3. The van der Waals surface area contributed by atoms with Crippen LogP contribution in [0.3, 0.4) is 0 Å². The molecular formula is C17H16F2N4O. The van der Waals surface area contributed by atoms with Crippen molar-refractivity contribution in [3.8, 4) is 0 Å². The summed E-state index contributed by atoms with van der Waals surface area (Å²) in [6, 6.07) is 4.30. The zero-order chi connectivity index (χ0) is 17.4. The number of aryl methyl sites for hydroxylation is 2. The number of carbonyl (C=O) groups excluding carboxylic acids is 1. The largest absolute Gasteiger partial charge is 0.345 e. The Morgan fingerprint density at radius 1 is 1.25 bits per heavy atom. The smallest absolute Gasteiger partial charge is 0.257 e. The number of hydrogen-bond donors (Lipinski definition) is 1. The maximum absolute atomic E-state index is 13.8. The summed E-state index contributed by atoms with van der Waals surface area (Å²) in [6.45, 7) is 5.28. The van der Waals surface area contributed by atoms with E-state index in [0.717, 1.165) is 29.6 Å². The highest BCUT2D eigenvalue weighted by Gasteiger charge is 2.19. The average Bonchev–Trinajstić information content (AvgIpc) is 2.93. The van der Waals surface area contributed by atoms with E-state index < -0.39 is 23.6 Å². The van der Waals surface area contributed by atoms with Crippen LogP contribution in [0.15, 0.2) is 30.5 Å². The summed E-state index contributed by atoms with van der Waals surface area (Å²) in [5.74, 6) is -1.58. The number of rotatable bonds is 3. The highest BCUT2D eigenvalue weighted by molar-refractivity contribution is 5.99. The highest BCUT2D eigenvalue weighted by Crippen LogP contribution is 2.19. The van der Waals surface area contributed by atoms with Crippen LogP contribution in [0.25, 0.3) is 5.65 Å². The standard InChI is InChI=1S/C17H16F2N4O/c1-9-6-10(2)23-16(21-9)14(8-20-23)17(24)22-11(3)13-7-12(18)4-5-15(13)19/h4-8,11H,1-3H3,(H,22,24). The Balaban J connectivity index is 1.91. The van der Waals surface area contributed by atoms with Gasteiger partial charge in [-0.1, -0.05) is 0 Å². The zero-order valence-corrected chi connectivity index (χ0v) is 13.5. The van der Waals surface area contributed by atoms with Gasteiger partial charge in [0.1, 0.15) is 17.2 Å². The molecular weight excluding hydrogens is 314 g/mol. The van der Waals surface area contributed by atoms with Gasteiger partial charge in [-0.2, -0.15) is 5.10 Å². The van der Waals surface area contributed by atoms with Gasteiger partial charge in [0, 0.05) is 17.0 Å². The summed E-state index contributed by atoms with van der Waals surface area (Å²) in [4.78, 5) is 16.8. The molecule has 0 aliphatic rings. The Morgan fingerprint density at radius 3 is 2.75 bits per heavy atom. The molecule has 3 aromatic rings. The van der Waals surface area contributed by atoms with Gasteiger partial charge in [-0.25, -0.2) is 18.3 Å². The van der Waals surface area contributed by atoms with Gasteiger partial charge >= 0.3 is 0 Å². The Hall–Kier alpha value is -2.83. The van der Waals surface area contributed by atoms with Crippen LogP contribution in [-0.2, 0) is 0 Å². The number of benzene rings is 1. The van der Waals surface area contributed by atoms with E-state index in [9.17, 15) is 13.6 Å². The second-order valence-electron chi connectivity index (χ2n) is 5.69. The Labute approximate surface area is 137 Å². The molecule has 0 radical (unpaired) electrons. The number of amides is 1. The molecule has 0 saturated heterocycles. The van der Waals surface area contributed by atoms with Crippen molar-refractivity contribution in [1.82, 2.24) is 19.9 Å². The van der Waals surface area contributed by atoms with Crippen molar-refractivity contribution in [2.45, 2.75) is 26.8 Å². The monoisotopic (exact) mass is 330 g/mol. The molecule has 1 N–H and O–H groups in total. The highest BCUT2D eigenvalue weighted by atomic mass is 19.1. The van der Waals surface area contributed by atoms with Gasteiger partial charge in [0.25, 0.3) is 5.91 Å². The van der Waals surface area contributed by atoms with Gasteiger partial charge in [-0.15, -0.1) is 0 Å². The second-order valence-corrected chi connectivity index (χ2v) is 5.69. The molecule has 2 heterocycles. The van der Waals surface area contributed by atoms with Crippen molar-refractivity contribution >= 4 is 11.6 Å². The van der Waals surface area contributed by atoms with E-state index in [1.807, 2.05) is 19.9 Å². The summed E-state index contributed by atoms with van der Waals surface area (Å²) in [7, 11) is 0. The van der Waals surface area contributed by atoms with Crippen molar-refractivity contribution in [1.29, 1.82) is 0 Å². The molecule has 2 aromatic heterocycles. The fourth-order valence-electron chi connectivity index (χ4n) is 2.63. The van der Waals surface area contributed by atoms with Gasteiger partial charge < -0.3 is 5.32 Å². The fourth-order valence-corrected chi connectivity index (χ4v) is 2.63. The number of nitrogens with one attached hydrogen (secondary N) is 1. The first-order valence-corrected chi connectivity index (χ1v) is 7.44. The molecule has 7 heteroatoms. The minimum absolute atomic E-state index is 0.0835. The lowest BCUT2D eigenvalue weighted by Crippen LogP contribution is -2.27. The molecule has 1 unspecified atom stereocenters. The van der Waals surface area contributed by atoms with E-state index >= 15 is 0 Å². The lowest BCUT2D eigenvalue weighted by molar-refractivity contribution is 0.0940. The van der Waals surface area contributed by atoms with Crippen LogP contribution >= 0.6 is 0 Å². The minimum Gasteiger partial charge on any atom is -0.345 e. The van der Waals surface area contributed by atoms with Crippen LogP contribution in [0.2, 0.25) is 0 Å². The van der Waals surface area contributed by atoms with E-state index in [0.29, 0.717) is 5.65 Å². The van der Waals surface area contributed by atoms with Gasteiger partial charge in [0.05, 0.1) is 12.2 Å². The average molecular weight is 330 g/mol. The molecule has 3 rings (SSSR count). The Morgan fingerprint density at radius 2 is 2.00 bits per heavy atom. The number of halogens is 2. The summed E-state index contributed by atoms with van der Waals surface area (Å²) in [6.07, 6.45) is 1.42. The number of fused-ring (bicyclic) bond motifs is 1. The molecule has 1 amide bonds. The van der Waals surface area contributed by atoms with Crippen LogP contribution in [0.4, 0.5) is 8.78 Å². The Kier molecular flexibility index (Phi) is 4.01. The molecule has 0 aliphatic carbocycles. The van der Waals surface area contributed by atoms with Crippen LogP contribution in [-0.4, -0.2) is 20.5 Å². The summed E-state index contributed by atoms with van der Waals surface area (Å²) >= 11 is 0. The first-order chi connectivity index (χ1) is 11.4. The third-order valence-electron chi connectivity index (χ3n) is 3.79. The van der Waals surface area contributed by atoms with Crippen LogP contribution in [0.1, 0.15) is 40.3 Å². The van der Waals surface area contributed by atoms with E-state index in [1.165, 1.54) is 6.20 Å². The Bertz CT molecular complexity index is 936. The van der Waals surface area contributed by atoms with Gasteiger partial charge in [0.2, 0.25) is 0 Å². The third-order valence-corrected chi connectivity index (χ3v) is 3.79. The van der Waals surface area contributed by atoms with Crippen LogP contribution < -0.4 is 5.32 Å². The van der Waals surface area contributed by atoms with Crippen LogP contribution in [0, 0.1) is 25.5 Å². The third kappa shape index (κ3) is 2.84. The van der Waals surface area contributed by atoms with Crippen molar-refractivity contribution in [2.75, 3.05) is 0 Å². The summed E-state index contributed by atoms with van der Waals surface area (Å²) < 4.78 is 28.7. The maximum Gasteiger partial charge on any atom is 0.257 e. The molecule has 1 aromatic carbocycles. The van der Waals surface area contributed by atoms with Gasteiger partial charge in [-0.05, 0) is 45.0 Å². The van der Waals surface area contributed by atoms with Crippen molar-refractivity contribution in [3.05, 3.63) is 64.6 Å². The van der Waals surface area contributed by atoms with Gasteiger partial charge in [-0.3, -0.25) is 4.79 Å². The summed E-state index contributed by atoms with van der Waals surface area (Å²) in [5.41, 5.74) is 2.40. The fraction of sp³-hybridized carbons (Fsp3) is 0.235. The minimum atomic E-state index is -0.700. The van der Waals surface area contributed by atoms with Crippen molar-refractivity contribution < 1.29 is 13.6 Å². The van der Waals surface area contributed by atoms with E-state index in [2.05, 4.69) is 15.4 Å². The lowest BCUT2D eigenvalue weighted by Gasteiger charge is -2.14. The first-order valence-electron chi connectivity index (χ1n) is 7.44. The summed E-state index contributed by atoms with van der Waals surface area (Å²) in [5, 5.41) is 6.81. The first kappa shape index (κ1) is 16.0. The number of carbonyl (C=O) groups is 1. The topological polar surface area (TPSA) is 59.3 Å². The predicted octanol–water partition coefficient (Wildman–Crippen LogP) is 3.12. The number of hydrogen-bond acceptors (Lipinski definition) is 3. The quantitative estimate of drug-likeness (QED) is 0.803. The van der Waals surface area contributed by atoms with E-state index in [-0.39, 0.29) is 11.1 Å². The van der Waals surface area contributed by atoms with Crippen LogP contribution in [0.5, 0.6) is 0 Å². The molecule has 0 bridgehead atoms. The normalized spacial score (nSPS) is 12.4. The molecule has 124 valence electrons. The van der Waals surface area contributed by atoms with Crippen molar-refractivity contribution in [3.63, 3.8) is 0 Å². The molecule has 0 spiro atoms. The zero-order valence-electron chi connectivity index (χ0n) is 13.5. The lowest BCUT2D eigenvalue weighted by atomic mass is 10.1. The SMILES string of the molecule is Cc1cc(C)n2ncc(C(=O)NC(C)c3cc(F)ccc3F)c2n1. The molecule has 0 aliphatic heterocycles. The predicted molar refractivity (Wildman–Crippen MR) is 84.7 cm³/mol. The molecule has 24 heavy (non-hydrogen) atoms. The second kappa shape index (κ2) is 5.99. The molecule has 0 saturated carbocycles. The molecule has 0 fully saturated rings. The maximum atomic E-state index is 13.8. The van der Waals surface area contributed by atoms with E-state index in [4.69, 9.17) is 0 Å². The van der Waals surface area contributed by atoms with E-state index in [1.54, 1.807) is 11.4 Å². The van der Waals surface area contributed by atoms with Crippen molar-refractivity contribution in [2.24, 2.45) is 0 Å². The molecule has 5 nitrogen and oxygen atoms in total. The molecule has 1 atom stereocenters. The van der Waals surface area contributed by atoms with Gasteiger partial charge in [0.15, 0.2) is 5.65 Å². The number of aromatic nitrogens is 3.